The van der Waals surface area contributed by atoms with E-state index in [1.807, 2.05) is 29.2 Å². The van der Waals surface area contributed by atoms with E-state index in [9.17, 15) is 14.4 Å². The molecule has 0 unspecified atom stereocenters. The molecule has 8 nitrogen and oxygen atoms in total. The fourth-order valence-corrected chi connectivity index (χ4v) is 2.10. The maximum atomic E-state index is 11.8. The first-order valence-corrected chi connectivity index (χ1v) is 6.67. The predicted molar refractivity (Wildman–Crippen MR) is 79.8 cm³/mol. The molecule has 4 N–H and O–H groups in total. The van der Waals surface area contributed by atoms with Crippen LogP contribution in [0.25, 0.3) is 11.0 Å². The summed E-state index contributed by atoms with van der Waals surface area (Å²) in [5, 5.41) is 2.62. The SMILES string of the molecule is O=C(NCCc1nc2ccccc2[nH]1)c1cc(=O)[nH]c(=O)[nH]1. The van der Waals surface area contributed by atoms with E-state index in [1.165, 1.54) is 0 Å². The first-order chi connectivity index (χ1) is 10.6. The third kappa shape index (κ3) is 2.95. The Bertz CT molecular complexity index is 876. The number of nitrogens with one attached hydrogen (secondary N) is 4. The normalized spacial score (nSPS) is 10.7. The molecule has 112 valence electrons. The largest absolute Gasteiger partial charge is 0.350 e. The van der Waals surface area contributed by atoms with Gasteiger partial charge in [0.2, 0.25) is 0 Å². The molecule has 1 aromatic carbocycles. The minimum Gasteiger partial charge on any atom is -0.350 e. The number of carbonyl (C=O) groups is 1. The molecule has 8 heteroatoms. The van der Waals surface area contributed by atoms with Gasteiger partial charge in [0.05, 0.1) is 11.0 Å². The summed E-state index contributed by atoms with van der Waals surface area (Å²) in [4.78, 5) is 45.9. The van der Waals surface area contributed by atoms with E-state index >= 15 is 0 Å². The highest BCUT2D eigenvalue weighted by atomic mass is 16.2. The highest BCUT2D eigenvalue weighted by Gasteiger charge is 2.08. The van der Waals surface area contributed by atoms with Crippen molar-refractivity contribution in [3.63, 3.8) is 0 Å². The molecule has 3 aromatic rings. The molecular weight excluding hydrogens is 286 g/mol. The number of H-pyrrole nitrogens is 3. The molecule has 0 radical (unpaired) electrons. The zero-order chi connectivity index (χ0) is 15.5. The molecule has 2 heterocycles. The van der Waals surface area contributed by atoms with Gasteiger partial charge in [-0.2, -0.15) is 0 Å². The zero-order valence-corrected chi connectivity index (χ0v) is 11.5. The average molecular weight is 299 g/mol. The molecule has 0 saturated carbocycles. The number of carbonyl (C=O) groups excluding carboxylic acids is 1. The lowest BCUT2D eigenvalue weighted by Gasteiger charge is -2.03. The lowest BCUT2D eigenvalue weighted by atomic mass is 10.3. The second-order valence-corrected chi connectivity index (χ2v) is 4.71. The number of rotatable bonds is 4. The summed E-state index contributed by atoms with van der Waals surface area (Å²) in [5.74, 6) is 0.236. The van der Waals surface area contributed by atoms with Crippen molar-refractivity contribution < 1.29 is 4.79 Å². The Balaban J connectivity index is 1.63. The fourth-order valence-electron chi connectivity index (χ4n) is 2.10. The van der Waals surface area contributed by atoms with Crippen molar-refractivity contribution in [3.8, 4) is 0 Å². The Morgan fingerprint density at radius 3 is 2.73 bits per heavy atom. The van der Waals surface area contributed by atoms with Crippen molar-refractivity contribution in [2.45, 2.75) is 6.42 Å². The van der Waals surface area contributed by atoms with Crippen molar-refractivity contribution in [2.24, 2.45) is 0 Å². The Hall–Kier alpha value is -3.16. The first-order valence-electron chi connectivity index (χ1n) is 6.67. The van der Waals surface area contributed by atoms with Gasteiger partial charge >= 0.3 is 5.69 Å². The molecule has 0 fully saturated rings. The van der Waals surface area contributed by atoms with Gasteiger partial charge in [-0.1, -0.05) is 12.1 Å². The summed E-state index contributed by atoms with van der Waals surface area (Å²) in [6.07, 6.45) is 0.508. The van der Waals surface area contributed by atoms with E-state index in [1.54, 1.807) is 0 Å². The van der Waals surface area contributed by atoms with Gasteiger partial charge in [0.1, 0.15) is 11.5 Å². The van der Waals surface area contributed by atoms with Gasteiger partial charge in [0, 0.05) is 19.0 Å². The Kier molecular flexibility index (Phi) is 3.57. The van der Waals surface area contributed by atoms with Crippen molar-refractivity contribution in [1.82, 2.24) is 25.3 Å². The van der Waals surface area contributed by atoms with E-state index in [4.69, 9.17) is 0 Å². The standard InChI is InChI=1S/C14H13N5O3/c20-12-7-10(18-14(22)19-12)13(21)15-6-5-11-16-8-3-1-2-4-9(8)17-11/h1-4,7H,5-6H2,(H,15,21)(H,16,17)(H2,18,19,20,22). The van der Waals surface area contributed by atoms with Gasteiger partial charge in [0.15, 0.2) is 0 Å². The van der Waals surface area contributed by atoms with Gasteiger partial charge in [-0.3, -0.25) is 14.6 Å². The summed E-state index contributed by atoms with van der Waals surface area (Å²) in [7, 11) is 0. The van der Waals surface area contributed by atoms with Crippen molar-refractivity contribution in [3.05, 3.63) is 62.7 Å². The highest BCUT2D eigenvalue weighted by Crippen LogP contribution is 2.10. The van der Waals surface area contributed by atoms with E-state index in [0.717, 1.165) is 22.9 Å². The van der Waals surface area contributed by atoms with Gasteiger partial charge in [-0.25, -0.2) is 9.78 Å². The summed E-state index contributed by atoms with van der Waals surface area (Å²) in [6.45, 7) is 0.327. The van der Waals surface area contributed by atoms with Gasteiger partial charge in [-0.05, 0) is 12.1 Å². The van der Waals surface area contributed by atoms with Crippen LogP contribution >= 0.6 is 0 Å². The first kappa shape index (κ1) is 13.8. The van der Waals surface area contributed by atoms with E-state index in [-0.39, 0.29) is 5.69 Å². The van der Waals surface area contributed by atoms with Gasteiger partial charge < -0.3 is 15.3 Å². The van der Waals surface area contributed by atoms with Crippen LogP contribution in [0.2, 0.25) is 0 Å². The molecule has 0 bridgehead atoms. The molecular formula is C14H13N5O3. The van der Waals surface area contributed by atoms with Crippen LogP contribution in [0.5, 0.6) is 0 Å². The Morgan fingerprint density at radius 1 is 1.14 bits per heavy atom. The van der Waals surface area contributed by atoms with E-state index < -0.39 is 17.2 Å². The smallest absolute Gasteiger partial charge is 0.326 e. The minimum absolute atomic E-state index is 0.0710. The van der Waals surface area contributed by atoms with Crippen LogP contribution in [0, 0.1) is 0 Å². The van der Waals surface area contributed by atoms with Crippen LogP contribution in [-0.4, -0.2) is 32.4 Å². The van der Waals surface area contributed by atoms with Gasteiger partial charge in [-0.15, -0.1) is 0 Å². The minimum atomic E-state index is -0.713. The number of aromatic amines is 3. The summed E-state index contributed by atoms with van der Waals surface area (Å²) < 4.78 is 0. The summed E-state index contributed by atoms with van der Waals surface area (Å²) in [6, 6.07) is 8.67. The topological polar surface area (TPSA) is 123 Å². The molecule has 1 amide bonds. The molecule has 0 spiro atoms. The molecule has 3 rings (SSSR count). The second-order valence-electron chi connectivity index (χ2n) is 4.71. The number of aromatic nitrogens is 4. The van der Waals surface area contributed by atoms with Crippen LogP contribution in [0.15, 0.2) is 39.9 Å². The van der Waals surface area contributed by atoms with Crippen molar-refractivity contribution >= 4 is 16.9 Å². The number of nitrogens with zero attached hydrogens (tertiary/aromatic N) is 1. The number of imidazole rings is 1. The molecule has 0 atom stereocenters. The Morgan fingerprint density at radius 2 is 1.95 bits per heavy atom. The average Bonchev–Trinajstić information content (AvgIpc) is 2.88. The number of hydrogen-bond donors (Lipinski definition) is 4. The van der Waals surface area contributed by atoms with Crippen LogP contribution in [-0.2, 0) is 6.42 Å². The lowest BCUT2D eigenvalue weighted by molar-refractivity contribution is 0.0948. The number of amides is 1. The van der Waals surface area contributed by atoms with Crippen LogP contribution in [0.4, 0.5) is 0 Å². The summed E-state index contributed by atoms with van der Waals surface area (Å²) in [5.41, 5.74) is 0.393. The van der Waals surface area contributed by atoms with Crippen LogP contribution < -0.4 is 16.6 Å². The second kappa shape index (κ2) is 5.68. The predicted octanol–water partition coefficient (Wildman–Crippen LogP) is -0.0880. The maximum absolute atomic E-state index is 11.8. The number of benzene rings is 1. The number of para-hydroxylation sites is 2. The summed E-state index contributed by atoms with van der Waals surface area (Å²) >= 11 is 0. The molecule has 0 aliphatic heterocycles. The van der Waals surface area contributed by atoms with Crippen LogP contribution in [0.1, 0.15) is 16.3 Å². The molecule has 2 aromatic heterocycles. The molecule has 0 aliphatic rings. The maximum Gasteiger partial charge on any atom is 0.326 e. The monoisotopic (exact) mass is 299 g/mol. The quantitative estimate of drug-likeness (QED) is 0.537. The van der Waals surface area contributed by atoms with E-state index in [2.05, 4.69) is 20.3 Å². The van der Waals surface area contributed by atoms with Crippen LogP contribution in [0.3, 0.4) is 0 Å². The van der Waals surface area contributed by atoms with Crippen molar-refractivity contribution in [1.29, 1.82) is 0 Å². The number of hydrogen-bond acceptors (Lipinski definition) is 4. The molecule has 0 aliphatic carbocycles. The van der Waals surface area contributed by atoms with Gasteiger partial charge in [0.25, 0.3) is 11.5 Å². The third-order valence-corrected chi connectivity index (χ3v) is 3.09. The lowest BCUT2D eigenvalue weighted by Crippen LogP contribution is -2.32. The van der Waals surface area contributed by atoms with Crippen molar-refractivity contribution in [2.75, 3.05) is 6.54 Å². The number of fused-ring (bicyclic) bond motifs is 1. The van der Waals surface area contributed by atoms with E-state index in [0.29, 0.717) is 13.0 Å². The molecule has 0 saturated heterocycles. The fraction of sp³-hybridized carbons (Fsp3) is 0.143. The molecule has 22 heavy (non-hydrogen) atoms. The Labute approximate surface area is 123 Å². The highest BCUT2D eigenvalue weighted by molar-refractivity contribution is 5.92. The third-order valence-electron chi connectivity index (χ3n) is 3.09. The zero-order valence-electron chi connectivity index (χ0n) is 11.5.